The van der Waals surface area contributed by atoms with Gasteiger partial charge in [-0.3, -0.25) is 0 Å². The molecule has 2 heteroatoms. The molecule has 0 amide bonds. The zero-order chi connectivity index (χ0) is 4.99. The van der Waals surface area contributed by atoms with E-state index in [1.54, 1.807) is 0 Å². The van der Waals surface area contributed by atoms with E-state index in [2.05, 4.69) is 32.3 Å². The number of rotatable bonds is 2. The molecule has 0 atom stereocenters. The fourth-order valence-electron chi connectivity index (χ4n) is 0.365. The van der Waals surface area contributed by atoms with E-state index in [0.29, 0.717) is 0 Å². The average Bonchev–Trinajstić information content (AvgIpc) is 1.35. The number of hydrogen-bond acceptors (Lipinski definition) is 1. The van der Waals surface area contributed by atoms with Crippen LogP contribution in [0.1, 0.15) is 6.92 Å². The summed E-state index contributed by atoms with van der Waals surface area (Å²) in [4.78, 5) is 2.12. The Labute approximate surface area is 68.4 Å². The summed E-state index contributed by atoms with van der Waals surface area (Å²) in [6, 6.07) is 0. The van der Waals surface area contributed by atoms with Crippen LogP contribution >= 0.6 is 0 Å². The summed E-state index contributed by atoms with van der Waals surface area (Å²) in [6.45, 7) is 3.14. The van der Waals surface area contributed by atoms with Gasteiger partial charge in [0.1, 0.15) is 0 Å². The minimum atomic E-state index is 0. The Morgan fingerprint density at radius 3 is 1.86 bits per heavy atom. The molecule has 0 aliphatic rings. The van der Waals surface area contributed by atoms with Crippen LogP contribution in [0.15, 0.2) is 0 Å². The normalized spacial score (nSPS) is 8.57. The summed E-state index contributed by atoms with van der Waals surface area (Å²) >= 11 is 0. The molecule has 0 N–H and O–H groups in total. The summed E-state index contributed by atoms with van der Waals surface area (Å²) in [7, 11) is 4.11. The Morgan fingerprint density at radius 1 is 1.43 bits per heavy atom. The van der Waals surface area contributed by atoms with Gasteiger partial charge in [-0.2, -0.15) is 0 Å². The van der Waals surface area contributed by atoms with Crippen molar-refractivity contribution in [2.24, 2.45) is 0 Å². The van der Waals surface area contributed by atoms with E-state index in [-0.39, 0.29) is 29.6 Å². The van der Waals surface area contributed by atoms with Crippen LogP contribution in [0.3, 0.4) is 0 Å². The molecule has 1 radical (unpaired) electrons. The number of nitrogens with zero attached hydrogens (tertiary/aromatic N) is 1. The van der Waals surface area contributed by atoms with Crippen molar-refractivity contribution in [3.8, 4) is 0 Å². The summed E-state index contributed by atoms with van der Waals surface area (Å²) in [5.41, 5.74) is 0. The van der Waals surface area contributed by atoms with Crippen molar-refractivity contribution < 1.29 is 0 Å². The standard InChI is InChI=1S/C5H12N.Na.H/c1-4-5-6(2)3;;/h4H,5H2,1-3H3;;. The van der Waals surface area contributed by atoms with Gasteiger partial charge in [-0.15, -0.1) is 0 Å². The van der Waals surface area contributed by atoms with Crippen LogP contribution in [-0.4, -0.2) is 55.1 Å². The first-order valence-electron chi connectivity index (χ1n) is 2.20. The zero-order valence-electron chi connectivity index (χ0n) is 4.73. The van der Waals surface area contributed by atoms with E-state index >= 15 is 0 Å². The van der Waals surface area contributed by atoms with Crippen molar-refractivity contribution in [2.45, 2.75) is 6.92 Å². The summed E-state index contributed by atoms with van der Waals surface area (Å²) in [6.07, 6.45) is 2.12. The van der Waals surface area contributed by atoms with Gasteiger partial charge in [-0.1, -0.05) is 6.92 Å². The molecule has 7 heavy (non-hydrogen) atoms. The molecule has 1 nitrogen and oxygen atoms in total. The molecule has 0 aromatic rings. The second kappa shape index (κ2) is 6.96. The predicted molar refractivity (Wildman–Crippen MR) is 35.7 cm³/mol. The monoisotopic (exact) mass is 110 g/mol. The molecule has 0 bridgehead atoms. The Morgan fingerprint density at radius 2 is 1.86 bits per heavy atom. The van der Waals surface area contributed by atoms with Crippen LogP contribution < -0.4 is 0 Å². The van der Waals surface area contributed by atoms with Gasteiger partial charge in [0, 0.05) is 6.54 Å². The van der Waals surface area contributed by atoms with Crippen molar-refractivity contribution >= 4 is 29.6 Å². The zero-order valence-corrected chi connectivity index (χ0v) is 4.73. The molecule has 0 fully saturated rings. The summed E-state index contributed by atoms with van der Waals surface area (Å²) in [5.74, 6) is 0. The first-order chi connectivity index (χ1) is 2.77. The van der Waals surface area contributed by atoms with Crippen LogP contribution in [-0.2, 0) is 0 Å². The van der Waals surface area contributed by atoms with Gasteiger partial charge in [0.15, 0.2) is 0 Å². The maximum atomic E-state index is 2.12. The molecule has 0 aliphatic heterocycles. The van der Waals surface area contributed by atoms with Crippen LogP contribution in [0.4, 0.5) is 0 Å². The Kier molecular flexibility index (Phi) is 10.8. The van der Waals surface area contributed by atoms with E-state index in [1.165, 1.54) is 0 Å². The van der Waals surface area contributed by atoms with Crippen LogP contribution in [0.25, 0.3) is 0 Å². The summed E-state index contributed by atoms with van der Waals surface area (Å²) < 4.78 is 0. The maximum absolute atomic E-state index is 2.12. The molecule has 0 aromatic heterocycles. The number of hydrogen-bond donors (Lipinski definition) is 0. The van der Waals surface area contributed by atoms with Gasteiger partial charge in [0.2, 0.25) is 0 Å². The van der Waals surface area contributed by atoms with Crippen LogP contribution in [0.5, 0.6) is 0 Å². The van der Waals surface area contributed by atoms with Gasteiger partial charge in [-0.05, 0) is 20.5 Å². The van der Waals surface area contributed by atoms with Crippen molar-refractivity contribution in [1.82, 2.24) is 4.90 Å². The third kappa shape index (κ3) is 10.9. The Balaban J connectivity index is 0. The molecule has 0 saturated carbocycles. The third-order valence-corrected chi connectivity index (χ3v) is 0.548. The topological polar surface area (TPSA) is 3.24 Å². The molecular weight excluding hydrogens is 97.1 g/mol. The van der Waals surface area contributed by atoms with Crippen molar-refractivity contribution in [2.75, 3.05) is 20.6 Å². The molecule has 0 heterocycles. The van der Waals surface area contributed by atoms with Crippen molar-refractivity contribution in [3.63, 3.8) is 0 Å². The quantitative estimate of drug-likeness (QED) is 0.456. The second-order valence-corrected chi connectivity index (χ2v) is 1.67. The Bertz CT molecular complexity index is 29.3. The van der Waals surface area contributed by atoms with E-state index in [4.69, 9.17) is 0 Å². The minimum absolute atomic E-state index is 0. The SMILES string of the molecule is C[CH]CN(C)C.[NaH]. The molecule has 0 unspecified atom stereocenters. The van der Waals surface area contributed by atoms with Crippen LogP contribution in [0, 0.1) is 6.42 Å². The molecule has 0 aliphatic carbocycles. The van der Waals surface area contributed by atoms with E-state index in [0.717, 1.165) is 6.54 Å². The van der Waals surface area contributed by atoms with E-state index in [9.17, 15) is 0 Å². The van der Waals surface area contributed by atoms with E-state index < -0.39 is 0 Å². The molecular formula is C5H13NNa. The first-order valence-corrected chi connectivity index (χ1v) is 2.20. The second-order valence-electron chi connectivity index (χ2n) is 1.67. The molecule has 0 spiro atoms. The van der Waals surface area contributed by atoms with Crippen LogP contribution in [0.2, 0.25) is 0 Å². The summed E-state index contributed by atoms with van der Waals surface area (Å²) in [5, 5.41) is 0. The van der Waals surface area contributed by atoms with Gasteiger partial charge in [0.25, 0.3) is 0 Å². The van der Waals surface area contributed by atoms with Gasteiger partial charge >= 0.3 is 29.6 Å². The van der Waals surface area contributed by atoms with Crippen molar-refractivity contribution in [1.29, 1.82) is 0 Å². The first kappa shape index (κ1) is 10.9. The van der Waals surface area contributed by atoms with Gasteiger partial charge in [-0.25, -0.2) is 0 Å². The van der Waals surface area contributed by atoms with Gasteiger partial charge < -0.3 is 4.90 Å². The fraction of sp³-hybridized carbons (Fsp3) is 0.800. The Hall–Kier alpha value is 0.960. The van der Waals surface area contributed by atoms with Crippen molar-refractivity contribution in [3.05, 3.63) is 6.42 Å². The predicted octanol–water partition coefficient (Wildman–Crippen LogP) is 0.124. The molecule has 0 saturated heterocycles. The molecule has 0 aromatic carbocycles. The molecule has 39 valence electrons. The average molecular weight is 110 g/mol. The van der Waals surface area contributed by atoms with Gasteiger partial charge in [0.05, 0.1) is 0 Å². The fourth-order valence-corrected chi connectivity index (χ4v) is 0.365. The van der Waals surface area contributed by atoms with E-state index in [1.807, 2.05) is 0 Å². The molecule has 0 rings (SSSR count). The third-order valence-electron chi connectivity index (χ3n) is 0.548.